The van der Waals surface area contributed by atoms with Gasteiger partial charge < -0.3 is 21.5 Å². The number of aliphatic hydroxyl groups excluding tert-OH is 1. The predicted octanol–water partition coefficient (Wildman–Crippen LogP) is 3.01. The van der Waals surface area contributed by atoms with Crippen LogP contribution in [0.3, 0.4) is 0 Å². The number of aliphatic hydroxyl groups is 1. The number of aromatic nitrogens is 2. The maximum atomic E-state index is 9.84. The minimum atomic E-state index is -0.288. The summed E-state index contributed by atoms with van der Waals surface area (Å²) in [5, 5.41) is 10.6. The summed E-state index contributed by atoms with van der Waals surface area (Å²) >= 11 is 12.3. The molecule has 8 heteroatoms. The molecule has 0 saturated heterocycles. The molecule has 132 valence electrons. The lowest BCUT2D eigenvalue weighted by Gasteiger charge is -2.21. The van der Waals surface area contributed by atoms with Crippen molar-refractivity contribution in [3.8, 4) is 11.4 Å². The monoisotopic (exact) mass is 387 g/mol. The first kappa shape index (κ1) is 16.9. The van der Waals surface area contributed by atoms with Crippen LogP contribution in [0.1, 0.15) is 5.69 Å². The summed E-state index contributed by atoms with van der Waals surface area (Å²) < 4.78 is 0. The Hall–Kier alpha value is -2.54. The van der Waals surface area contributed by atoms with Gasteiger partial charge in [-0.05, 0) is 35.4 Å². The van der Waals surface area contributed by atoms with E-state index in [1.54, 1.807) is 18.2 Å². The van der Waals surface area contributed by atoms with Crippen molar-refractivity contribution in [3.05, 3.63) is 69.1 Å². The van der Waals surface area contributed by atoms with Crippen molar-refractivity contribution < 1.29 is 5.11 Å². The van der Waals surface area contributed by atoms with Crippen LogP contribution in [0.5, 0.6) is 0 Å². The van der Waals surface area contributed by atoms with Gasteiger partial charge in [0.1, 0.15) is 5.69 Å². The van der Waals surface area contributed by atoms with Crippen LogP contribution in [0.4, 0.5) is 11.5 Å². The van der Waals surface area contributed by atoms with Gasteiger partial charge in [0.15, 0.2) is 11.6 Å². The van der Waals surface area contributed by atoms with E-state index in [2.05, 4.69) is 9.97 Å². The lowest BCUT2D eigenvalue weighted by atomic mass is 10.2. The number of hydrogen-bond donors (Lipinski definition) is 3. The van der Waals surface area contributed by atoms with Crippen LogP contribution in [0.25, 0.3) is 11.4 Å². The zero-order chi connectivity index (χ0) is 18.4. The summed E-state index contributed by atoms with van der Waals surface area (Å²) in [4.78, 5) is 10.8. The van der Waals surface area contributed by atoms with E-state index < -0.39 is 0 Å². The van der Waals surface area contributed by atoms with Gasteiger partial charge in [-0.15, -0.1) is 0 Å². The second-order valence-electron chi connectivity index (χ2n) is 6.01. The number of nitrogens with zero attached hydrogens (tertiary/aromatic N) is 3. The molecule has 1 aliphatic heterocycles. The summed E-state index contributed by atoms with van der Waals surface area (Å²) in [5.41, 5.74) is 16.4. The van der Waals surface area contributed by atoms with Crippen LogP contribution in [0, 0.1) is 0 Å². The maximum Gasteiger partial charge on any atom is 0.163 e. The van der Waals surface area contributed by atoms with Crippen LogP contribution in [0.2, 0.25) is 10.0 Å². The second kappa shape index (κ2) is 6.32. The van der Waals surface area contributed by atoms with Crippen LogP contribution in [0.15, 0.2) is 53.4 Å². The highest BCUT2D eigenvalue weighted by atomic mass is 35.5. The Morgan fingerprint density at radius 1 is 1.15 bits per heavy atom. The number of anilines is 2. The van der Waals surface area contributed by atoms with Crippen molar-refractivity contribution in [1.29, 1.82) is 0 Å². The first-order valence-electron chi connectivity index (χ1n) is 7.86. The Labute approximate surface area is 160 Å². The van der Waals surface area contributed by atoms with Crippen LogP contribution < -0.4 is 16.4 Å². The molecule has 1 aromatic carbocycles. The Bertz CT molecular complexity index is 1010. The number of hydrogen-bond acceptors (Lipinski definition) is 6. The fraction of sp³-hybridized carbons (Fsp3) is 0.111. The molecular weight excluding hydrogens is 373 g/mol. The summed E-state index contributed by atoms with van der Waals surface area (Å²) in [6.45, 7) is 0.300. The van der Waals surface area contributed by atoms with E-state index in [1.165, 1.54) is 0 Å². The second-order valence-corrected chi connectivity index (χ2v) is 6.80. The molecule has 2 aromatic rings. The van der Waals surface area contributed by atoms with E-state index in [9.17, 15) is 5.11 Å². The van der Waals surface area contributed by atoms with E-state index in [1.807, 2.05) is 23.3 Å². The highest BCUT2D eigenvalue weighted by molar-refractivity contribution is 6.43. The fourth-order valence-electron chi connectivity index (χ4n) is 3.14. The molecule has 0 atom stereocenters. The lowest BCUT2D eigenvalue weighted by molar-refractivity contribution is 0.277. The van der Waals surface area contributed by atoms with Crippen molar-refractivity contribution in [2.24, 2.45) is 5.73 Å². The van der Waals surface area contributed by atoms with Crippen molar-refractivity contribution >= 4 is 34.7 Å². The normalized spacial score (nSPS) is 15.7. The summed E-state index contributed by atoms with van der Waals surface area (Å²) in [5.74, 6) is 0.572. The molecule has 26 heavy (non-hydrogen) atoms. The molecule has 0 amide bonds. The largest absolute Gasteiger partial charge is 0.399 e. The average Bonchev–Trinajstić information content (AvgIpc) is 3.13. The molecule has 1 aromatic heterocycles. The number of halogens is 2. The third-order valence-electron chi connectivity index (χ3n) is 4.28. The van der Waals surface area contributed by atoms with Crippen LogP contribution in [-0.2, 0) is 6.61 Å². The molecule has 0 spiro atoms. The SMILES string of the molecule is NC1=CC2=CN(c3c(N)nc(-c4cccc(Cl)c4Cl)nc3CO)CC2=C1. The van der Waals surface area contributed by atoms with Crippen LogP contribution >= 0.6 is 23.2 Å². The summed E-state index contributed by atoms with van der Waals surface area (Å²) in [6.07, 6.45) is 5.73. The molecular formula is C18H15Cl2N5O. The average molecular weight is 388 g/mol. The third kappa shape index (κ3) is 2.72. The Morgan fingerprint density at radius 3 is 2.69 bits per heavy atom. The molecule has 2 heterocycles. The maximum absolute atomic E-state index is 9.84. The van der Waals surface area contributed by atoms with E-state index in [0.717, 1.165) is 16.8 Å². The molecule has 0 unspecified atom stereocenters. The first-order valence-corrected chi connectivity index (χ1v) is 8.61. The van der Waals surface area contributed by atoms with E-state index in [-0.39, 0.29) is 12.4 Å². The third-order valence-corrected chi connectivity index (χ3v) is 5.10. The number of allylic oxidation sites excluding steroid dienone is 2. The Kier molecular flexibility index (Phi) is 4.11. The van der Waals surface area contributed by atoms with Crippen LogP contribution in [-0.4, -0.2) is 21.6 Å². The number of rotatable bonds is 3. The van der Waals surface area contributed by atoms with Gasteiger partial charge in [-0.3, -0.25) is 0 Å². The van der Waals surface area contributed by atoms with E-state index in [0.29, 0.717) is 39.4 Å². The summed E-state index contributed by atoms with van der Waals surface area (Å²) in [6, 6.07) is 5.19. The van der Waals surface area contributed by atoms with Gasteiger partial charge in [0.25, 0.3) is 0 Å². The van der Waals surface area contributed by atoms with E-state index in [4.69, 9.17) is 34.7 Å². The zero-order valence-electron chi connectivity index (χ0n) is 13.6. The molecule has 2 aliphatic rings. The molecule has 5 N–H and O–H groups in total. The first-order chi connectivity index (χ1) is 12.5. The van der Waals surface area contributed by atoms with Crippen molar-refractivity contribution in [1.82, 2.24) is 9.97 Å². The topological polar surface area (TPSA) is 101 Å². The standard InChI is InChI=1S/C18H15Cl2N5O/c19-13-3-1-2-12(15(13)20)18-23-14(8-26)16(17(22)24-18)25-6-9-4-11(21)5-10(9)7-25/h1-6,26H,7-8,21H2,(H2,22,23,24). The van der Waals surface area contributed by atoms with Crippen molar-refractivity contribution in [2.75, 3.05) is 17.2 Å². The highest BCUT2D eigenvalue weighted by Crippen LogP contribution is 2.38. The molecule has 0 saturated carbocycles. The molecule has 4 rings (SSSR count). The van der Waals surface area contributed by atoms with Gasteiger partial charge in [0.05, 0.1) is 22.3 Å². The molecule has 0 bridgehead atoms. The van der Waals surface area contributed by atoms with Crippen molar-refractivity contribution in [3.63, 3.8) is 0 Å². The van der Waals surface area contributed by atoms with Gasteiger partial charge in [0, 0.05) is 24.0 Å². The quantitative estimate of drug-likeness (QED) is 0.747. The molecule has 0 fully saturated rings. The van der Waals surface area contributed by atoms with Gasteiger partial charge in [-0.25, -0.2) is 9.97 Å². The fourth-order valence-corrected chi connectivity index (χ4v) is 3.52. The molecule has 0 radical (unpaired) electrons. The smallest absolute Gasteiger partial charge is 0.163 e. The number of nitrogen functional groups attached to an aromatic ring is 1. The van der Waals surface area contributed by atoms with Gasteiger partial charge in [-0.2, -0.15) is 0 Å². The van der Waals surface area contributed by atoms with Gasteiger partial charge in [0.2, 0.25) is 0 Å². The Balaban J connectivity index is 1.79. The molecule has 1 aliphatic carbocycles. The van der Waals surface area contributed by atoms with Gasteiger partial charge in [-0.1, -0.05) is 29.3 Å². The number of fused-ring (bicyclic) bond motifs is 1. The van der Waals surface area contributed by atoms with Crippen molar-refractivity contribution in [2.45, 2.75) is 6.61 Å². The predicted molar refractivity (Wildman–Crippen MR) is 104 cm³/mol. The molecule has 6 nitrogen and oxygen atoms in total. The zero-order valence-corrected chi connectivity index (χ0v) is 15.1. The minimum absolute atomic E-state index is 0.254. The lowest BCUT2D eigenvalue weighted by Crippen LogP contribution is -2.19. The number of benzene rings is 1. The number of nitrogens with two attached hydrogens (primary N) is 2. The Morgan fingerprint density at radius 2 is 1.96 bits per heavy atom. The minimum Gasteiger partial charge on any atom is -0.399 e. The summed E-state index contributed by atoms with van der Waals surface area (Å²) in [7, 11) is 0. The van der Waals surface area contributed by atoms with Gasteiger partial charge >= 0.3 is 0 Å². The highest BCUT2D eigenvalue weighted by Gasteiger charge is 2.26. The van der Waals surface area contributed by atoms with E-state index >= 15 is 0 Å².